The molecule has 0 spiro atoms. The van der Waals surface area contributed by atoms with Crippen LogP contribution in [0, 0.1) is 16.7 Å². The van der Waals surface area contributed by atoms with Crippen molar-refractivity contribution in [2.45, 2.75) is 78.7 Å². The molecule has 5 heteroatoms. The normalized spacial score (nSPS) is 26.2. The minimum atomic E-state index is 0.177. The molecule has 1 aliphatic carbocycles. The van der Waals surface area contributed by atoms with E-state index in [1.807, 2.05) is 7.05 Å². The number of rotatable bonds is 8. The molecule has 0 radical (unpaired) electrons. The molecule has 5 nitrogen and oxygen atoms in total. The van der Waals surface area contributed by atoms with E-state index in [4.69, 9.17) is 9.47 Å². The molecule has 2 aliphatic rings. The van der Waals surface area contributed by atoms with Crippen molar-refractivity contribution in [1.29, 1.82) is 0 Å². The van der Waals surface area contributed by atoms with Crippen LogP contribution in [0.25, 0.3) is 0 Å². The van der Waals surface area contributed by atoms with Crippen LogP contribution in [0.4, 0.5) is 0 Å². The topological polar surface area (TPSA) is 54.9 Å². The van der Waals surface area contributed by atoms with Gasteiger partial charge in [0.1, 0.15) is 0 Å². The maximum absolute atomic E-state index is 6.12. The van der Waals surface area contributed by atoms with Gasteiger partial charge in [0, 0.05) is 45.9 Å². The van der Waals surface area contributed by atoms with E-state index < -0.39 is 0 Å². The zero-order valence-corrected chi connectivity index (χ0v) is 18.4. The highest BCUT2D eigenvalue weighted by Gasteiger charge is 2.36. The summed E-state index contributed by atoms with van der Waals surface area (Å²) in [6.45, 7) is 13.4. The Morgan fingerprint density at radius 2 is 1.93 bits per heavy atom. The minimum absolute atomic E-state index is 0.177. The summed E-state index contributed by atoms with van der Waals surface area (Å²) in [6, 6.07) is 0. The van der Waals surface area contributed by atoms with E-state index >= 15 is 0 Å². The summed E-state index contributed by atoms with van der Waals surface area (Å²) in [5, 5.41) is 7.19. The maximum atomic E-state index is 6.12. The van der Waals surface area contributed by atoms with E-state index in [-0.39, 0.29) is 5.41 Å². The molecule has 2 atom stereocenters. The predicted octanol–water partition coefficient (Wildman–Crippen LogP) is 3.98. The predicted molar refractivity (Wildman–Crippen MR) is 113 cm³/mol. The Balaban J connectivity index is 1.84. The van der Waals surface area contributed by atoms with E-state index in [9.17, 15) is 0 Å². The molecule has 1 aliphatic heterocycles. The fourth-order valence-corrected chi connectivity index (χ4v) is 4.80. The van der Waals surface area contributed by atoms with Gasteiger partial charge in [-0.2, -0.15) is 0 Å². The second-order valence-corrected chi connectivity index (χ2v) is 9.52. The lowest BCUT2D eigenvalue weighted by molar-refractivity contribution is -0.0835. The number of nitrogens with zero attached hydrogens (tertiary/aromatic N) is 1. The quantitative estimate of drug-likeness (QED) is 0.379. The zero-order chi connectivity index (χ0) is 19.8. The van der Waals surface area contributed by atoms with Gasteiger partial charge in [-0.25, -0.2) is 0 Å². The summed E-state index contributed by atoms with van der Waals surface area (Å²) in [7, 11) is 1.87. The first-order valence-electron chi connectivity index (χ1n) is 11.0. The second-order valence-electron chi connectivity index (χ2n) is 9.52. The molecule has 0 amide bonds. The van der Waals surface area contributed by atoms with Gasteiger partial charge >= 0.3 is 0 Å². The van der Waals surface area contributed by atoms with Crippen LogP contribution in [0.3, 0.4) is 0 Å². The highest BCUT2D eigenvalue weighted by Crippen LogP contribution is 2.40. The van der Waals surface area contributed by atoms with Crippen LogP contribution in [0.1, 0.15) is 72.6 Å². The summed E-state index contributed by atoms with van der Waals surface area (Å²) in [5.41, 5.74) is 0.547. The number of hydrogen-bond donors (Lipinski definition) is 2. The number of nitrogens with one attached hydrogen (secondary N) is 2. The molecule has 1 saturated heterocycles. The van der Waals surface area contributed by atoms with Crippen molar-refractivity contribution < 1.29 is 9.47 Å². The van der Waals surface area contributed by atoms with Crippen molar-refractivity contribution in [3.05, 3.63) is 0 Å². The van der Waals surface area contributed by atoms with Crippen molar-refractivity contribution in [2.75, 3.05) is 40.0 Å². The number of aliphatic imine (C=N–C) groups is 1. The summed E-state index contributed by atoms with van der Waals surface area (Å²) in [4.78, 5) is 4.47. The Kier molecular flexibility index (Phi) is 8.87. The molecule has 158 valence electrons. The molecule has 0 aromatic heterocycles. The van der Waals surface area contributed by atoms with Gasteiger partial charge in [0.25, 0.3) is 0 Å². The average molecular weight is 382 g/mol. The first-order chi connectivity index (χ1) is 12.9. The Bertz CT molecular complexity index is 453. The van der Waals surface area contributed by atoms with E-state index in [0.717, 1.165) is 51.7 Å². The summed E-state index contributed by atoms with van der Waals surface area (Å²) in [5.74, 6) is 1.46. The van der Waals surface area contributed by atoms with Crippen LogP contribution >= 0.6 is 0 Å². The highest BCUT2D eigenvalue weighted by molar-refractivity contribution is 5.79. The SMILES string of the molecule is CCOCCC1(CNC(=NC)NCC2CCCOC2C(C)(C)C)CCCC1. The molecule has 2 unspecified atom stereocenters. The summed E-state index contributed by atoms with van der Waals surface area (Å²) < 4.78 is 11.8. The molecule has 0 aromatic carbocycles. The second kappa shape index (κ2) is 10.7. The van der Waals surface area contributed by atoms with E-state index in [1.54, 1.807) is 0 Å². The summed E-state index contributed by atoms with van der Waals surface area (Å²) >= 11 is 0. The van der Waals surface area contributed by atoms with Gasteiger partial charge < -0.3 is 20.1 Å². The van der Waals surface area contributed by atoms with Gasteiger partial charge in [-0.3, -0.25) is 4.99 Å². The lowest BCUT2D eigenvalue weighted by Gasteiger charge is -2.40. The molecule has 0 aromatic rings. The van der Waals surface area contributed by atoms with E-state index in [0.29, 0.717) is 17.4 Å². The number of guanidine groups is 1. The first-order valence-corrected chi connectivity index (χ1v) is 11.0. The van der Waals surface area contributed by atoms with Crippen LogP contribution < -0.4 is 10.6 Å². The minimum Gasteiger partial charge on any atom is -0.382 e. The van der Waals surface area contributed by atoms with Crippen LogP contribution in [0.2, 0.25) is 0 Å². The molecule has 27 heavy (non-hydrogen) atoms. The van der Waals surface area contributed by atoms with E-state index in [2.05, 4.69) is 43.3 Å². The Hall–Kier alpha value is -0.810. The molecular formula is C22H43N3O2. The molecule has 2 fully saturated rings. The van der Waals surface area contributed by atoms with Crippen LogP contribution in [0.5, 0.6) is 0 Å². The fourth-order valence-electron chi connectivity index (χ4n) is 4.80. The van der Waals surface area contributed by atoms with Crippen LogP contribution in [-0.4, -0.2) is 52.0 Å². The third kappa shape index (κ3) is 6.94. The maximum Gasteiger partial charge on any atom is 0.191 e. The first kappa shape index (κ1) is 22.5. The zero-order valence-electron chi connectivity index (χ0n) is 18.4. The van der Waals surface area contributed by atoms with Gasteiger partial charge in [-0.05, 0) is 49.9 Å². The van der Waals surface area contributed by atoms with Gasteiger partial charge in [-0.1, -0.05) is 33.6 Å². The smallest absolute Gasteiger partial charge is 0.191 e. The third-order valence-electron chi connectivity index (χ3n) is 6.33. The molecular weight excluding hydrogens is 338 g/mol. The average Bonchev–Trinajstić information content (AvgIpc) is 3.11. The van der Waals surface area contributed by atoms with Gasteiger partial charge in [0.2, 0.25) is 0 Å². The number of ether oxygens (including phenoxy) is 2. The highest BCUT2D eigenvalue weighted by atomic mass is 16.5. The van der Waals surface area contributed by atoms with Gasteiger partial charge in [0.15, 0.2) is 5.96 Å². The Morgan fingerprint density at radius 1 is 1.19 bits per heavy atom. The molecule has 0 bridgehead atoms. The molecule has 1 saturated carbocycles. The lowest BCUT2D eigenvalue weighted by atomic mass is 9.78. The Morgan fingerprint density at radius 3 is 2.56 bits per heavy atom. The summed E-state index contributed by atoms with van der Waals surface area (Å²) in [6.07, 6.45) is 9.12. The van der Waals surface area contributed by atoms with Crippen LogP contribution in [0.15, 0.2) is 4.99 Å². The van der Waals surface area contributed by atoms with Crippen molar-refractivity contribution in [3.8, 4) is 0 Å². The van der Waals surface area contributed by atoms with Gasteiger partial charge in [0.05, 0.1) is 6.10 Å². The third-order valence-corrected chi connectivity index (χ3v) is 6.33. The van der Waals surface area contributed by atoms with Crippen molar-refractivity contribution in [2.24, 2.45) is 21.7 Å². The van der Waals surface area contributed by atoms with Crippen molar-refractivity contribution in [1.82, 2.24) is 10.6 Å². The molecule has 2 rings (SSSR count). The Labute approximate surface area is 167 Å². The fraction of sp³-hybridized carbons (Fsp3) is 0.955. The molecule has 1 heterocycles. The van der Waals surface area contributed by atoms with Crippen molar-refractivity contribution in [3.63, 3.8) is 0 Å². The van der Waals surface area contributed by atoms with Gasteiger partial charge in [-0.15, -0.1) is 0 Å². The van der Waals surface area contributed by atoms with Crippen molar-refractivity contribution >= 4 is 5.96 Å². The monoisotopic (exact) mass is 381 g/mol. The van der Waals surface area contributed by atoms with Crippen LogP contribution in [-0.2, 0) is 9.47 Å². The number of hydrogen-bond acceptors (Lipinski definition) is 3. The van der Waals surface area contributed by atoms with E-state index in [1.165, 1.54) is 32.1 Å². The molecule has 2 N–H and O–H groups in total. The lowest BCUT2D eigenvalue weighted by Crippen LogP contribution is -2.49. The largest absolute Gasteiger partial charge is 0.382 e. The standard InChI is InChI=1S/C22H43N3O2/c1-6-26-15-13-22(11-7-8-12-22)17-25-20(23-5)24-16-18-10-9-14-27-19(18)21(2,3)4/h18-19H,6-17H2,1-5H3,(H2,23,24,25).